The number of rotatable bonds is 3. The van der Waals surface area contributed by atoms with Crippen molar-refractivity contribution >= 4 is 0 Å². The quantitative estimate of drug-likeness (QED) is 0.714. The summed E-state index contributed by atoms with van der Waals surface area (Å²) in [6.45, 7) is 8.08. The van der Waals surface area contributed by atoms with Crippen molar-refractivity contribution in [3.05, 3.63) is 0 Å². The first-order valence-electron chi connectivity index (χ1n) is 7.31. The summed E-state index contributed by atoms with van der Waals surface area (Å²) in [4.78, 5) is 0. The van der Waals surface area contributed by atoms with Gasteiger partial charge in [0.15, 0.2) is 0 Å². The Morgan fingerprint density at radius 3 is 2.19 bits per heavy atom. The second-order valence-corrected chi connectivity index (χ2v) is 7.04. The molecule has 2 saturated carbocycles. The molecule has 0 heterocycles. The molecule has 94 valence electrons. The van der Waals surface area contributed by atoms with Gasteiger partial charge < -0.3 is 5.32 Å². The summed E-state index contributed by atoms with van der Waals surface area (Å²) >= 11 is 0. The maximum atomic E-state index is 3.67. The molecule has 2 rings (SSSR count). The molecule has 1 nitrogen and oxygen atoms in total. The van der Waals surface area contributed by atoms with Crippen LogP contribution in [0.25, 0.3) is 0 Å². The summed E-state index contributed by atoms with van der Waals surface area (Å²) in [7, 11) is 0. The van der Waals surface area contributed by atoms with Crippen LogP contribution >= 0.6 is 0 Å². The molecule has 16 heavy (non-hydrogen) atoms. The average Bonchev–Trinajstić information content (AvgIpc) is 2.98. The Hall–Kier alpha value is -0.0400. The minimum atomic E-state index is 0.302. The Morgan fingerprint density at radius 1 is 1.00 bits per heavy atom. The van der Waals surface area contributed by atoms with Gasteiger partial charge in [-0.15, -0.1) is 0 Å². The van der Waals surface area contributed by atoms with Crippen molar-refractivity contribution in [2.75, 3.05) is 6.54 Å². The predicted molar refractivity (Wildman–Crippen MR) is 70.5 cm³/mol. The lowest BCUT2D eigenvalue weighted by molar-refractivity contribution is 0.359. The Kier molecular flexibility index (Phi) is 3.94. The van der Waals surface area contributed by atoms with Crippen LogP contribution in [0.5, 0.6) is 0 Å². The summed E-state index contributed by atoms with van der Waals surface area (Å²) in [6, 6.07) is 0. The van der Waals surface area contributed by atoms with Crippen LogP contribution in [-0.4, -0.2) is 12.1 Å². The molecule has 0 aliphatic heterocycles. The molecule has 2 aliphatic rings. The fourth-order valence-corrected chi connectivity index (χ4v) is 3.26. The van der Waals surface area contributed by atoms with Crippen molar-refractivity contribution in [2.45, 2.75) is 71.3 Å². The van der Waals surface area contributed by atoms with Gasteiger partial charge in [0, 0.05) is 5.54 Å². The molecule has 1 N–H and O–H groups in total. The van der Waals surface area contributed by atoms with Gasteiger partial charge in [0.05, 0.1) is 0 Å². The monoisotopic (exact) mass is 223 g/mol. The SMILES string of the molecule is CC(C)(C)NCC1CC1C1CCCCCC1. The van der Waals surface area contributed by atoms with Crippen molar-refractivity contribution in [3.63, 3.8) is 0 Å². The van der Waals surface area contributed by atoms with Crippen LogP contribution in [0.2, 0.25) is 0 Å². The van der Waals surface area contributed by atoms with E-state index in [1.54, 1.807) is 0 Å². The molecule has 0 aromatic rings. The molecule has 0 aromatic heterocycles. The van der Waals surface area contributed by atoms with Gasteiger partial charge in [0.2, 0.25) is 0 Å². The highest BCUT2D eigenvalue weighted by Gasteiger charge is 2.42. The molecular weight excluding hydrogens is 194 g/mol. The van der Waals surface area contributed by atoms with Crippen LogP contribution in [0.15, 0.2) is 0 Å². The van der Waals surface area contributed by atoms with Crippen LogP contribution in [0, 0.1) is 17.8 Å². The van der Waals surface area contributed by atoms with E-state index in [9.17, 15) is 0 Å². The van der Waals surface area contributed by atoms with Crippen molar-refractivity contribution in [3.8, 4) is 0 Å². The van der Waals surface area contributed by atoms with Gasteiger partial charge in [-0.2, -0.15) is 0 Å². The first-order valence-corrected chi connectivity index (χ1v) is 7.31. The summed E-state index contributed by atoms with van der Waals surface area (Å²) in [6.07, 6.45) is 10.5. The van der Waals surface area contributed by atoms with E-state index in [1.807, 2.05) is 0 Å². The molecule has 0 bridgehead atoms. The fraction of sp³-hybridized carbons (Fsp3) is 1.00. The highest BCUT2D eigenvalue weighted by molar-refractivity contribution is 4.94. The lowest BCUT2D eigenvalue weighted by Gasteiger charge is -2.21. The van der Waals surface area contributed by atoms with Crippen molar-refractivity contribution in [1.29, 1.82) is 0 Å². The van der Waals surface area contributed by atoms with E-state index in [2.05, 4.69) is 26.1 Å². The Balaban J connectivity index is 1.69. The Bertz CT molecular complexity index is 208. The van der Waals surface area contributed by atoms with Gasteiger partial charge in [-0.25, -0.2) is 0 Å². The minimum Gasteiger partial charge on any atom is -0.312 e. The van der Waals surface area contributed by atoms with Gasteiger partial charge in [0.1, 0.15) is 0 Å². The molecule has 2 unspecified atom stereocenters. The number of nitrogens with one attached hydrogen (secondary N) is 1. The largest absolute Gasteiger partial charge is 0.312 e. The maximum absolute atomic E-state index is 3.67. The van der Waals surface area contributed by atoms with Gasteiger partial charge in [-0.3, -0.25) is 0 Å². The van der Waals surface area contributed by atoms with Crippen LogP contribution in [-0.2, 0) is 0 Å². The standard InChI is InChI=1S/C15H29N/c1-15(2,3)16-11-13-10-14(13)12-8-6-4-5-7-9-12/h12-14,16H,4-11H2,1-3H3. The van der Waals surface area contributed by atoms with Crippen molar-refractivity contribution in [2.24, 2.45) is 17.8 Å². The summed E-state index contributed by atoms with van der Waals surface area (Å²) in [5.74, 6) is 3.16. The molecule has 1 heteroatoms. The summed E-state index contributed by atoms with van der Waals surface area (Å²) in [5.41, 5.74) is 0.302. The first-order chi connectivity index (χ1) is 7.56. The van der Waals surface area contributed by atoms with Gasteiger partial charge in [-0.1, -0.05) is 38.5 Å². The lowest BCUT2D eigenvalue weighted by atomic mass is 9.93. The molecule has 2 atom stereocenters. The lowest BCUT2D eigenvalue weighted by Crippen LogP contribution is -2.37. The molecular formula is C15H29N. The molecule has 0 aromatic carbocycles. The number of hydrogen-bond donors (Lipinski definition) is 1. The van der Waals surface area contributed by atoms with Crippen LogP contribution in [0.3, 0.4) is 0 Å². The smallest absolute Gasteiger partial charge is 0.00966 e. The molecule has 2 aliphatic carbocycles. The van der Waals surface area contributed by atoms with E-state index in [0.29, 0.717) is 5.54 Å². The third kappa shape index (κ3) is 3.76. The zero-order chi connectivity index (χ0) is 11.6. The van der Waals surface area contributed by atoms with E-state index in [0.717, 1.165) is 17.8 Å². The van der Waals surface area contributed by atoms with Crippen LogP contribution < -0.4 is 5.32 Å². The van der Waals surface area contributed by atoms with Crippen molar-refractivity contribution < 1.29 is 0 Å². The zero-order valence-corrected chi connectivity index (χ0v) is 11.4. The molecule has 2 fully saturated rings. The topological polar surface area (TPSA) is 12.0 Å². The molecule has 0 saturated heterocycles. The van der Waals surface area contributed by atoms with Crippen LogP contribution in [0.4, 0.5) is 0 Å². The summed E-state index contributed by atoms with van der Waals surface area (Å²) in [5, 5.41) is 3.67. The second-order valence-electron chi connectivity index (χ2n) is 7.04. The normalized spacial score (nSPS) is 32.4. The van der Waals surface area contributed by atoms with E-state index in [-0.39, 0.29) is 0 Å². The first kappa shape index (κ1) is 12.4. The average molecular weight is 223 g/mol. The minimum absolute atomic E-state index is 0.302. The Morgan fingerprint density at radius 2 is 1.62 bits per heavy atom. The highest BCUT2D eigenvalue weighted by atomic mass is 15.0. The second kappa shape index (κ2) is 5.08. The number of hydrogen-bond acceptors (Lipinski definition) is 1. The van der Waals surface area contributed by atoms with E-state index < -0.39 is 0 Å². The molecule has 0 spiro atoms. The third-order valence-corrected chi connectivity index (χ3v) is 4.38. The zero-order valence-electron chi connectivity index (χ0n) is 11.4. The third-order valence-electron chi connectivity index (χ3n) is 4.38. The maximum Gasteiger partial charge on any atom is 0.00966 e. The van der Waals surface area contributed by atoms with Gasteiger partial charge >= 0.3 is 0 Å². The molecule has 0 amide bonds. The Labute approximate surface area is 101 Å². The van der Waals surface area contributed by atoms with Gasteiger partial charge in [-0.05, 0) is 51.5 Å². The highest BCUT2D eigenvalue weighted by Crippen LogP contribution is 2.48. The van der Waals surface area contributed by atoms with E-state index >= 15 is 0 Å². The molecule has 0 radical (unpaired) electrons. The van der Waals surface area contributed by atoms with E-state index in [4.69, 9.17) is 0 Å². The van der Waals surface area contributed by atoms with E-state index in [1.165, 1.54) is 51.5 Å². The fourth-order valence-electron chi connectivity index (χ4n) is 3.26. The summed E-state index contributed by atoms with van der Waals surface area (Å²) < 4.78 is 0. The predicted octanol–water partition coefficient (Wildman–Crippen LogP) is 3.98. The van der Waals surface area contributed by atoms with Crippen molar-refractivity contribution in [1.82, 2.24) is 5.32 Å². The van der Waals surface area contributed by atoms with Crippen LogP contribution in [0.1, 0.15) is 65.7 Å². The van der Waals surface area contributed by atoms with Gasteiger partial charge in [0.25, 0.3) is 0 Å².